The molecule has 1 N–H and O–H groups in total. The summed E-state index contributed by atoms with van der Waals surface area (Å²) < 4.78 is 0. The van der Waals surface area contributed by atoms with E-state index in [1.165, 1.54) is 0 Å². The number of nitrogens with zero attached hydrogens (tertiary/aromatic N) is 2. The van der Waals surface area contributed by atoms with Crippen molar-refractivity contribution in [3.05, 3.63) is 24.0 Å². The van der Waals surface area contributed by atoms with Crippen molar-refractivity contribution in [2.24, 2.45) is 5.92 Å². The minimum atomic E-state index is -0.693. The molecule has 1 aromatic heterocycles. The first-order chi connectivity index (χ1) is 7.61. The van der Waals surface area contributed by atoms with Crippen LogP contribution < -0.4 is 4.90 Å². The first-order valence-electron chi connectivity index (χ1n) is 5.51. The zero-order chi connectivity index (χ0) is 11.7. The molecule has 86 valence electrons. The number of aromatic nitrogens is 1. The Balaban J connectivity index is 2.25. The van der Waals surface area contributed by atoms with Crippen molar-refractivity contribution >= 4 is 11.7 Å². The summed E-state index contributed by atoms with van der Waals surface area (Å²) in [5, 5.41) is 9.08. The SMILES string of the molecule is Cc1cnccc1N1CCC(C(=O)O)C1C. The molecule has 1 fully saturated rings. The number of aryl methyl sites for hydroxylation is 1. The van der Waals surface area contributed by atoms with E-state index in [1.54, 1.807) is 6.20 Å². The van der Waals surface area contributed by atoms with Crippen molar-refractivity contribution in [2.75, 3.05) is 11.4 Å². The van der Waals surface area contributed by atoms with Gasteiger partial charge >= 0.3 is 5.97 Å². The lowest BCUT2D eigenvalue weighted by Crippen LogP contribution is -2.33. The molecule has 16 heavy (non-hydrogen) atoms. The van der Waals surface area contributed by atoms with Crippen molar-refractivity contribution in [3.63, 3.8) is 0 Å². The first-order valence-corrected chi connectivity index (χ1v) is 5.51. The highest BCUT2D eigenvalue weighted by Gasteiger charge is 2.35. The van der Waals surface area contributed by atoms with Crippen LogP contribution in [0.25, 0.3) is 0 Å². The van der Waals surface area contributed by atoms with Crippen molar-refractivity contribution in [2.45, 2.75) is 26.3 Å². The van der Waals surface area contributed by atoms with Crippen LogP contribution in [0.1, 0.15) is 18.9 Å². The highest BCUT2D eigenvalue weighted by molar-refractivity contribution is 5.73. The van der Waals surface area contributed by atoms with Crippen molar-refractivity contribution < 1.29 is 9.90 Å². The summed E-state index contributed by atoms with van der Waals surface area (Å²) in [5.41, 5.74) is 2.20. The van der Waals surface area contributed by atoms with E-state index >= 15 is 0 Å². The van der Waals surface area contributed by atoms with Gasteiger partial charge in [-0.2, -0.15) is 0 Å². The summed E-state index contributed by atoms with van der Waals surface area (Å²) in [5.74, 6) is -0.950. The maximum atomic E-state index is 11.0. The molecule has 1 saturated heterocycles. The Kier molecular flexibility index (Phi) is 2.81. The van der Waals surface area contributed by atoms with Gasteiger partial charge in [-0.1, -0.05) is 0 Å². The molecule has 2 atom stereocenters. The molecule has 2 heterocycles. The number of pyridine rings is 1. The summed E-state index contributed by atoms with van der Waals surface area (Å²) in [6.07, 6.45) is 4.29. The first kappa shape index (κ1) is 10.9. The van der Waals surface area contributed by atoms with Gasteiger partial charge in [0.2, 0.25) is 0 Å². The Morgan fingerprint density at radius 3 is 2.94 bits per heavy atom. The average Bonchev–Trinajstić information content (AvgIpc) is 2.61. The summed E-state index contributed by atoms with van der Waals surface area (Å²) in [6, 6.07) is 2.01. The molecule has 0 aliphatic carbocycles. The van der Waals surface area contributed by atoms with Gasteiger partial charge in [-0.15, -0.1) is 0 Å². The van der Waals surface area contributed by atoms with Gasteiger partial charge in [0.25, 0.3) is 0 Å². The van der Waals surface area contributed by atoms with Gasteiger partial charge in [-0.05, 0) is 31.9 Å². The van der Waals surface area contributed by atoms with E-state index in [-0.39, 0.29) is 12.0 Å². The average molecular weight is 220 g/mol. The van der Waals surface area contributed by atoms with Gasteiger partial charge < -0.3 is 10.0 Å². The molecule has 2 unspecified atom stereocenters. The Morgan fingerprint density at radius 2 is 2.38 bits per heavy atom. The van der Waals surface area contributed by atoms with Crippen LogP contribution in [0.2, 0.25) is 0 Å². The predicted molar refractivity (Wildman–Crippen MR) is 61.5 cm³/mol. The predicted octanol–water partition coefficient (Wildman–Crippen LogP) is 1.69. The molecule has 0 radical (unpaired) electrons. The number of carbonyl (C=O) groups is 1. The standard InChI is InChI=1S/C12H16N2O2/c1-8-7-13-5-3-11(8)14-6-4-10(9(14)2)12(15)16/h3,5,7,9-10H,4,6H2,1-2H3,(H,15,16). The second-order valence-corrected chi connectivity index (χ2v) is 4.33. The van der Waals surface area contributed by atoms with Crippen molar-refractivity contribution in [3.8, 4) is 0 Å². The van der Waals surface area contributed by atoms with Gasteiger partial charge in [-0.25, -0.2) is 0 Å². The molecule has 1 aromatic rings. The summed E-state index contributed by atoms with van der Waals surface area (Å²) in [4.78, 5) is 17.2. The van der Waals surface area contributed by atoms with E-state index < -0.39 is 5.97 Å². The number of aliphatic carboxylic acids is 1. The third-order valence-corrected chi connectivity index (χ3v) is 3.37. The van der Waals surface area contributed by atoms with E-state index in [2.05, 4.69) is 9.88 Å². The minimum absolute atomic E-state index is 0.0543. The van der Waals surface area contributed by atoms with Gasteiger partial charge in [0, 0.05) is 30.7 Å². The van der Waals surface area contributed by atoms with Crippen molar-refractivity contribution in [1.29, 1.82) is 0 Å². The number of hydrogen-bond donors (Lipinski definition) is 1. The lowest BCUT2D eigenvalue weighted by molar-refractivity contribution is -0.141. The fourth-order valence-electron chi connectivity index (χ4n) is 2.40. The van der Waals surface area contributed by atoms with Crippen LogP contribution in [-0.2, 0) is 4.79 Å². The van der Waals surface area contributed by atoms with Crippen LogP contribution in [0.5, 0.6) is 0 Å². The van der Waals surface area contributed by atoms with Crippen LogP contribution >= 0.6 is 0 Å². The van der Waals surface area contributed by atoms with Crippen LogP contribution in [-0.4, -0.2) is 28.6 Å². The Hall–Kier alpha value is -1.58. The highest BCUT2D eigenvalue weighted by atomic mass is 16.4. The van der Waals surface area contributed by atoms with E-state index in [9.17, 15) is 4.79 Å². The van der Waals surface area contributed by atoms with Crippen LogP contribution in [0.4, 0.5) is 5.69 Å². The lowest BCUT2D eigenvalue weighted by Gasteiger charge is -2.26. The fourth-order valence-corrected chi connectivity index (χ4v) is 2.40. The maximum Gasteiger partial charge on any atom is 0.308 e. The van der Waals surface area contributed by atoms with E-state index in [4.69, 9.17) is 5.11 Å². The van der Waals surface area contributed by atoms with E-state index in [0.717, 1.165) is 24.2 Å². The van der Waals surface area contributed by atoms with Gasteiger partial charge in [0.1, 0.15) is 0 Å². The molecule has 4 heteroatoms. The van der Waals surface area contributed by atoms with Crippen LogP contribution in [0.3, 0.4) is 0 Å². The zero-order valence-corrected chi connectivity index (χ0v) is 9.55. The van der Waals surface area contributed by atoms with Crippen molar-refractivity contribution in [1.82, 2.24) is 4.98 Å². The van der Waals surface area contributed by atoms with Gasteiger partial charge in [0.05, 0.1) is 5.92 Å². The number of hydrogen-bond acceptors (Lipinski definition) is 3. The molecule has 0 amide bonds. The number of carboxylic acid groups (broad SMARTS) is 1. The summed E-state index contributed by atoms with van der Waals surface area (Å²) >= 11 is 0. The Labute approximate surface area is 94.9 Å². The van der Waals surface area contributed by atoms with Gasteiger partial charge in [-0.3, -0.25) is 9.78 Å². The van der Waals surface area contributed by atoms with Gasteiger partial charge in [0.15, 0.2) is 0 Å². The second-order valence-electron chi connectivity index (χ2n) is 4.33. The normalized spacial score (nSPS) is 24.8. The minimum Gasteiger partial charge on any atom is -0.481 e. The highest BCUT2D eigenvalue weighted by Crippen LogP contribution is 2.31. The quantitative estimate of drug-likeness (QED) is 0.824. The number of carboxylic acids is 1. The Bertz CT molecular complexity index is 406. The molecular formula is C12H16N2O2. The molecule has 0 spiro atoms. The zero-order valence-electron chi connectivity index (χ0n) is 9.55. The van der Waals surface area contributed by atoms with Crippen LogP contribution in [0, 0.1) is 12.8 Å². The maximum absolute atomic E-state index is 11.0. The molecule has 4 nitrogen and oxygen atoms in total. The topological polar surface area (TPSA) is 53.4 Å². The molecule has 0 bridgehead atoms. The lowest BCUT2D eigenvalue weighted by atomic mass is 10.0. The summed E-state index contributed by atoms with van der Waals surface area (Å²) in [6.45, 7) is 4.79. The molecule has 0 saturated carbocycles. The van der Waals surface area contributed by atoms with E-state index in [1.807, 2.05) is 26.1 Å². The third kappa shape index (κ3) is 1.75. The van der Waals surface area contributed by atoms with Crippen LogP contribution in [0.15, 0.2) is 18.5 Å². The van der Waals surface area contributed by atoms with E-state index in [0.29, 0.717) is 0 Å². The second kappa shape index (κ2) is 4.12. The molecule has 1 aliphatic rings. The molecule has 1 aliphatic heterocycles. The number of anilines is 1. The fraction of sp³-hybridized carbons (Fsp3) is 0.500. The monoisotopic (exact) mass is 220 g/mol. The summed E-state index contributed by atoms with van der Waals surface area (Å²) in [7, 11) is 0. The smallest absolute Gasteiger partial charge is 0.308 e. The molecule has 0 aromatic carbocycles. The third-order valence-electron chi connectivity index (χ3n) is 3.37. The molecular weight excluding hydrogens is 204 g/mol. The molecule has 2 rings (SSSR count). The number of rotatable bonds is 2. The Morgan fingerprint density at radius 1 is 1.62 bits per heavy atom. The largest absolute Gasteiger partial charge is 0.481 e.